The van der Waals surface area contributed by atoms with Crippen molar-refractivity contribution in [3.8, 4) is 11.4 Å². The number of nitrogens with zero attached hydrogens (tertiary/aromatic N) is 5. The highest BCUT2D eigenvalue weighted by Crippen LogP contribution is 2.32. The molecule has 0 aliphatic carbocycles. The molecule has 0 radical (unpaired) electrons. The number of aromatic nitrogens is 3. The van der Waals surface area contributed by atoms with Gasteiger partial charge in [0, 0.05) is 55.0 Å². The Bertz CT molecular complexity index is 1230. The van der Waals surface area contributed by atoms with Crippen molar-refractivity contribution in [2.24, 2.45) is 0 Å². The lowest BCUT2D eigenvalue weighted by Crippen LogP contribution is -2.45. The van der Waals surface area contributed by atoms with Gasteiger partial charge in [0.15, 0.2) is 5.82 Å². The van der Waals surface area contributed by atoms with Crippen molar-refractivity contribution in [2.45, 2.75) is 38.0 Å². The predicted octanol–water partition coefficient (Wildman–Crippen LogP) is 3.78. The SMILES string of the molecule is C[C@@H]1COCCN1c1cc(N2CC3CCC(C2)O3)nc(-c2ccc(NC(=O)Nc3ccncc3)cc2)n1. The molecular formula is C27H31N7O3. The maximum atomic E-state index is 12.4. The van der Waals surface area contributed by atoms with Gasteiger partial charge in [-0.15, -0.1) is 0 Å². The fourth-order valence-electron chi connectivity index (χ4n) is 5.16. The minimum Gasteiger partial charge on any atom is -0.377 e. The van der Waals surface area contributed by atoms with E-state index in [0.29, 0.717) is 30.4 Å². The first-order valence-electron chi connectivity index (χ1n) is 12.8. The minimum absolute atomic E-state index is 0.232. The highest BCUT2D eigenvalue weighted by Gasteiger charge is 2.35. The standard InChI is InChI=1S/C27H31N7O3/c1-18-17-36-13-12-34(18)25-14-24(33-15-22-6-7-23(16-33)37-22)31-26(32-25)19-2-4-20(5-3-19)29-27(35)30-21-8-10-28-11-9-21/h2-5,8-11,14,18,22-23H,6-7,12-13,15-17H2,1H3,(H2,28,29,30,35)/t18-,22?,23?/m1/s1. The summed E-state index contributed by atoms with van der Waals surface area (Å²) in [5.74, 6) is 2.50. The van der Waals surface area contributed by atoms with Crippen LogP contribution < -0.4 is 20.4 Å². The summed E-state index contributed by atoms with van der Waals surface area (Å²) in [6, 6.07) is 13.1. The third-order valence-corrected chi connectivity index (χ3v) is 7.07. The van der Waals surface area contributed by atoms with Crippen LogP contribution in [0.25, 0.3) is 11.4 Å². The van der Waals surface area contributed by atoms with Crippen LogP contribution in [0.15, 0.2) is 54.9 Å². The number of anilines is 4. The molecule has 3 saturated heterocycles. The quantitative estimate of drug-likeness (QED) is 0.544. The summed E-state index contributed by atoms with van der Waals surface area (Å²) >= 11 is 0. The van der Waals surface area contributed by atoms with Gasteiger partial charge in [-0.05, 0) is 56.2 Å². The maximum Gasteiger partial charge on any atom is 0.323 e. The number of morpholine rings is 2. The third-order valence-electron chi connectivity index (χ3n) is 7.07. The second-order valence-corrected chi connectivity index (χ2v) is 9.78. The van der Waals surface area contributed by atoms with Gasteiger partial charge < -0.3 is 29.9 Å². The molecule has 0 spiro atoms. The van der Waals surface area contributed by atoms with Crippen LogP contribution in [-0.4, -0.2) is 72.1 Å². The maximum absolute atomic E-state index is 12.4. The van der Waals surface area contributed by atoms with Gasteiger partial charge in [-0.2, -0.15) is 0 Å². The molecule has 3 atom stereocenters. The van der Waals surface area contributed by atoms with Crippen LogP contribution in [0, 0.1) is 0 Å². The van der Waals surface area contributed by atoms with E-state index in [1.165, 1.54) is 0 Å². The minimum atomic E-state index is -0.317. The van der Waals surface area contributed by atoms with Crippen LogP contribution in [0.2, 0.25) is 0 Å². The van der Waals surface area contributed by atoms with E-state index in [1.807, 2.05) is 24.3 Å². The molecule has 6 rings (SSSR count). The van der Waals surface area contributed by atoms with Gasteiger partial charge >= 0.3 is 6.03 Å². The van der Waals surface area contributed by atoms with E-state index in [4.69, 9.17) is 19.4 Å². The molecule has 10 heteroatoms. The van der Waals surface area contributed by atoms with E-state index in [-0.39, 0.29) is 24.3 Å². The zero-order valence-electron chi connectivity index (χ0n) is 20.8. The Morgan fingerprint density at radius 3 is 2.32 bits per heavy atom. The first-order chi connectivity index (χ1) is 18.1. The molecule has 2 aromatic heterocycles. The number of hydrogen-bond donors (Lipinski definition) is 2. The number of rotatable bonds is 5. The second kappa shape index (κ2) is 10.3. The molecule has 10 nitrogen and oxygen atoms in total. The predicted molar refractivity (Wildman–Crippen MR) is 142 cm³/mol. The van der Waals surface area contributed by atoms with Crippen LogP contribution in [0.4, 0.5) is 27.8 Å². The average molecular weight is 502 g/mol. The Kier molecular flexibility index (Phi) is 6.58. The second-order valence-electron chi connectivity index (χ2n) is 9.78. The third kappa shape index (κ3) is 5.35. The van der Waals surface area contributed by atoms with Gasteiger partial charge in [0.2, 0.25) is 0 Å². The van der Waals surface area contributed by atoms with Crippen LogP contribution >= 0.6 is 0 Å². The lowest BCUT2D eigenvalue weighted by molar-refractivity contribution is 0.0302. The summed E-state index contributed by atoms with van der Waals surface area (Å²) < 4.78 is 11.7. The van der Waals surface area contributed by atoms with Crippen LogP contribution in [0.5, 0.6) is 0 Å². The van der Waals surface area contributed by atoms with Crippen molar-refractivity contribution in [2.75, 3.05) is 53.3 Å². The van der Waals surface area contributed by atoms with Crippen molar-refractivity contribution in [1.82, 2.24) is 15.0 Å². The number of fused-ring (bicyclic) bond motifs is 2. The molecule has 2 bridgehead atoms. The molecule has 0 saturated carbocycles. The molecule has 5 heterocycles. The van der Waals surface area contributed by atoms with E-state index in [1.54, 1.807) is 24.5 Å². The molecule has 2 unspecified atom stereocenters. The van der Waals surface area contributed by atoms with Gasteiger partial charge in [0.05, 0.1) is 31.5 Å². The topological polar surface area (TPSA) is 105 Å². The number of benzene rings is 1. The first-order valence-corrected chi connectivity index (χ1v) is 12.8. The van der Waals surface area contributed by atoms with Crippen LogP contribution in [0.1, 0.15) is 19.8 Å². The summed E-state index contributed by atoms with van der Waals surface area (Å²) in [6.07, 6.45) is 6.02. The van der Waals surface area contributed by atoms with Gasteiger partial charge in [0.25, 0.3) is 0 Å². The van der Waals surface area contributed by atoms with Gasteiger partial charge in [0.1, 0.15) is 11.6 Å². The van der Waals surface area contributed by atoms with Crippen molar-refractivity contribution in [3.05, 3.63) is 54.9 Å². The summed E-state index contributed by atoms with van der Waals surface area (Å²) in [7, 11) is 0. The highest BCUT2D eigenvalue weighted by molar-refractivity contribution is 5.99. The molecule has 2 amide bonds. The van der Waals surface area contributed by atoms with E-state index < -0.39 is 0 Å². The van der Waals surface area contributed by atoms with E-state index in [2.05, 4.69) is 38.4 Å². The van der Waals surface area contributed by atoms with Gasteiger partial charge in [-0.3, -0.25) is 4.98 Å². The molecule has 37 heavy (non-hydrogen) atoms. The number of ether oxygens (including phenoxy) is 2. The smallest absolute Gasteiger partial charge is 0.323 e. The number of nitrogens with one attached hydrogen (secondary N) is 2. The lowest BCUT2D eigenvalue weighted by Gasteiger charge is -2.36. The number of hydrogen-bond acceptors (Lipinski definition) is 8. The van der Waals surface area contributed by atoms with Crippen molar-refractivity contribution in [1.29, 1.82) is 0 Å². The summed E-state index contributed by atoms with van der Waals surface area (Å²) in [5.41, 5.74) is 2.24. The van der Waals surface area contributed by atoms with Crippen molar-refractivity contribution in [3.63, 3.8) is 0 Å². The number of pyridine rings is 1. The van der Waals surface area contributed by atoms with Crippen molar-refractivity contribution < 1.29 is 14.3 Å². The zero-order valence-corrected chi connectivity index (χ0v) is 20.8. The monoisotopic (exact) mass is 501 g/mol. The molecule has 3 aromatic rings. The molecule has 192 valence electrons. The Morgan fingerprint density at radius 2 is 1.62 bits per heavy atom. The van der Waals surface area contributed by atoms with Gasteiger partial charge in [-0.25, -0.2) is 14.8 Å². The number of carbonyl (C=O) groups excluding carboxylic acids is 1. The van der Waals surface area contributed by atoms with E-state index >= 15 is 0 Å². The Labute approximate surface area is 216 Å². The highest BCUT2D eigenvalue weighted by atomic mass is 16.5. The average Bonchev–Trinajstić information content (AvgIpc) is 3.26. The summed E-state index contributed by atoms with van der Waals surface area (Å²) in [5, 5.41) is 5.66. The lowest BCUT2D eigenvalue weighted by atomic mass is 10.2. The molecule has 3 aliphatic rings. The molecule has 3 fully saturated rings. The fourth-order valence-corrected chi connectivity index (χ4v) is 5.16. The molecule has 2 N–H and O–H groups in total. The van der Waals surface area contributed by atoms with Crippen LogP contribution in [-0.2, 0) is 9.47 Å². The number of carbonyl (C=O) groups is 1. The Hall–Kier alpha value is -3.76. The zero-order chi connectivity index (χ0) is 25.2. The van der Waals surface area contributed by atoms with E-state index in [0.717, 1.165) is 49.7 Å². The molecule has 3 aliphatic heterocycles. The normalized spacial score (nSPS) is 23.1. The summed E-state index contributed by atoms with van der Waals surface area (Å²) in [4.78, 5) is 30.9. The summed E-state index contributed by atoms with van der Waals surface area (Å²) in [6.45, 7) is 6.01. The number of amides is 2. The van der Waals surface area contributed by atoms with E-state index in [9.17, 15) is 4.79 Å². The first kappa shape index (κ1) is 23.6. The van der Waals surface area contributed by atoms with Crippen LogP contribution in [0.3, 0.4) is 0 Å². The van der Waals surface area contributed by atoms with Crippen molar-refractivity contribution >= 4 is 29.0 Å². The largest absolute Gasteiger partial charge is 0.377 e. The molecule has 1 aromatic carbocycles. The number of urea groups is 1. The fraction of sp³-hybridized carbons (Fsp3) is 0.407. The van der Waals surface area contributed by atoms with Gasteiger partial charge in [-0.1, -0.05) is 0 Å². The Balaban J connectivity index is 1.25. The Morgan fingerprint density at radius 1 is 0.946 bits per heavy atom. The molecular weight excluding hydrogens is 470 g/mol.